The van der Waals surface area contributed by atoms with Crippen molar-refractivity contribution in [3.8, 4) is 11.1 Å². The third-order valence-electron chi connectivity index (χ3n) is 8.00. The average Bonchev–Trinajstić information content (AvgIpc) is 3.45. The summed E-state index contributed by atoms with van der Waals surface area (Å²) in [5, 5.41) is 14.3. The number of imidazole rings is 1. The molecular weight excluding hydrogens is 490 g/mol. The molecule has 198 valence electrons. The van der Waals surface area contributed by atoms with Crippen LogP contribution in [0.1, 0.15) is 74.3 Å². The molecule has 1 atom stereocenters. The molecule has 1 amide bonds. The fraction of sp³-hybridized carbons (Fsp3) is 0.414. The third-order valence-corrected chi connectivity index (χ3v) is 8.00. The van der Waals surface area contributed by atoms with Crippen molar-refractivity contribution < 1.29 is 23.2 Å². The first kappa shape index (κ1) is 24.7. The van der Waals surface area contributed by atoms with Crippen molar-refractivity contribution in [2.45, 2.75) is 77.0 Å². The molecule has 38 heavy (non-hydrogen) atoms. The lowest BCUT2D eigenvalue weighted by Gasteiger charge is -2.37. The number of carbonyl (C=O) groups is 1. The van der Waals surface area contributed by atoms with Crippen LogP contribution in [-0.2, 0) is 4.79 Å². The van der Waals surface area contributed by atoms with Gasteiger partial charge in [0.1, 0.15) is 11.6 Å². The first-order chi connectivity index (χ1) is 18.3. The van der Waals surface area contributed by atoms with Crippen LogP contribution in [-0.4, -0.2) is 31.8 Å². The van der Waals surface area contributed by atoms with Crippen molar-refractivity contribution in [2.24, 2.45) is 0 Å². The van der Waals surface area contributed by atoms with Crippen LogP contribution in [0.15, 0.2) is 40.9 Å². The number of carbonyl (C=O) groups excluding carboxylic acids is 1. The van der Waals surface area contributed by atoms with Crippen LogP contribution in [0.5, 0.6) is 0 Å². The van der Waals surface area contributed by atoms with E-state index >= 15 is 0 Å². The number of rotatable bonds is 4. The monoisotopic (exact) mass is 520 g/mol. The number of aliphatic hydroxyl groups is 1. The van der Waals surface area contributed by atoms with Gasteiger partial charge in [0.15, 0.2) is 11.6 Å². The lowest BCUT2D eigenvalue weighted by molar-refractivity contribution is -0.120. The molecule has 1 saturated carbocycles. The van der Waals surface area contributed by atoms with Crippen LogP contribution >= 0.6 is 0 Å². The van der Waals surface area contributed by atoms with Gasteiger partial charge in [0.2, 0.25) is 5.91 Å². The zero-order valence-corrected chi connectivity index (χ0v) is 21.5. The van der Waals surface area contributed by atoms with E-state index in [1.54, 1.807) is 4.90 Å². The number of amides is 1. The van der Waals surface area contributed by atoms with Crippen molar-refractivity contribution in [1.82, 2.24) is 14.7 Å². The molecule has 2 aromatic heterocycles. The Labute approximate surface area is 219 Å². The molecule has 0 radical (unpaired) electrons. The second-order valence-corrected chi connectivity index (χ2v) is 10.5. The Kier molecular flexibility index (Phi) is 6.26. The molecule has 1 saturated heterocycles. The molecule has 0 bridgehead atoms. The maximum Gasteiger partial charge on any atom is 0.227 e. The van der Waals surface area contributed by atoms with E-state index in [-0.39, 0.29) is 18.1 Å². The highest BCUT2D eigenvalue weighted by Gasteiger charge is 2.36. The van der Waals surface area contributed by atoms with E-state index in [9.17, 15) is 18.7 Å². The summed E-state index contributed by atoms with van der Waals surface area (Å²) in [5.41, 5.74) is 4.73. The Bertz CT molecular complexity index is 1500. The molecular formula is C29H30F2N4O3. The first-order valence-corrected chi connectivity index (χ1v) is 13.2. The van der Waals surface area contributed by atoms with Crippen LogP contribution in [0.4, 0.5) is 14.5 Å². The van der Waals surface area contributed by atoms with Crippen LogP contribution < -0.4 is 4.90 Å². The normalized spacial score (nSPS) is 22.4. The largest absolute Gasteiger partial charge is 0.393 e. The van der Waals surface area contributed by atoms with Crippen LogP contribution in [0, 0.1) is 25.5 Å². The molecule has 2 aromatic carbocycles. The predicted octanol–water partition coefficient (Wildman–Crippen LogP) is 6.32. The maximum absolute atomic E-state index is 14.2. The summed E-state index contributed by atoms with van der Waals surface area (Å²) >= 11 is 0. The summed E-state index contributed by atoms with van der Waals surface area (Å²) in [6, 6.07) is 9.38. The Balaban J connectivity index is 1.51. The van der Waals surface area contributed by atoms with E-state index in [2.05, 4.69) is 9.72 Å². The van der Waals surface area contributed by atoms with Crippen molar-refractivity contribution in [3.05, 3.63) is 65.3 Å². The molecule has 1 N–H and O–H groups in total. The van der Waals surface area contributed by atoms with Gasteiger partial charge in [0.05, 0.1) is 28.9 Å². The zero-order chi connectivity index (χ0) is 26.6. The van der Waals surface area contributed by atoms with Gasteiger partial charge in [-0.2, -0.15) is 0 Å². The van der Waals surface area contributed by atoms with Gasteiger partial charge in [-0.1, -0.05) is 11.2 Å². The number of aromatic nitrogens is 3. The van der Waals surface area contributed by atoms with Gasteiger partial charge in [-0.25, -0.2) is 13.8 Å². The van der Waals surface area contributed by atoms with Gasteiger partial charge in [-0.15, -0.1) is 0 Å². The van der Waals surface area contributed by atoms with Crippen LogP contribution in [0.2, 0.25) is 0 Å². The number of hydrogen-bond donors (Lipinski definition) is 1. The van der Waals surface area contributed by atoms with E-state index < -0.39 is 17.7 Å². The van der Waals surface area contributed by atoms with Gasteiger partial charge in [-0.05, 0) is 82.2 Å². The zero-order valence-electron chi connectivity index (χ0n) is 21.5. The summed E-state index contributed by atoms with van der Waals surface area (Å²) < 4.78 is 35.6. The predicted molar refractivity (Wildman–Crippen MR) is 139 cm³/mol. The molecule has 9 heteroatoms. The molecule has 6 rings (SSSR count). The fourth-order valence-electron chi connectivity index (χ4n) is 6.18. The number of aliphatic hydroxyl groups excluding tert-OH is 1. The number of halogens is 2. The molecule has 0 spiro atoms. The highest BCUT2D eigenvalue weighted by molar-refractivity contribution is 5.95. The summed E-state index contributed by atoms with van der Waals surface area (Å²) in [4.78, 5) is 19.9. The van der Waals surface area contributed by atoms with E-state index in [1.807, 2.05) is 32.0 Å². The van der Waals surface area contributed by atoms with Crippen molar-refractivity contribution in [2.75, 3.05) is 4.90 Å². The van der Waals surface area contributed by atoms with Gasteiger partial charge in [0, 0.05) is 29.8 Å². The summed E-state index contributed by atoms with van der Waals surface area (Å²) in [6.45, 7) is 3.78. The number of hydrogen-bond acceptors (Lipinski definition) is 5. The quantitative estimate of drug-likeness (QED) is 0.340. The molecule has 1 aliphatic carbocycles. The highest BCUT2D eigenvalue weighted by Crippen LogP contribution is 2.41. The number of aryl methyl sites for hydroxylation is 2. The van der Waals surface area contributed by atoms with E-state index in [1.165, 1.54) is 6.07 Å². The number of anilines is 1. The second kappa shape index (κ2) is 9.62. The van der Waals surface area contributed by atoms with Gasteiger partial charge in [-0.3, -0.25) is 4.79 Å². The number of benzene rings is 2. The third kappa shape index (κ3) is 4.18. The molecule has 2 fully saturated rings. The smallest absolute Gasteiger partial charge is 0.227 e. The van der Waals surface area contributed by atoms with Gasteiger partial charge < -0.3 is 19.1 Å². The molecule has 3 heterocycles. The summed E-state index contributed by atoms with van der Waals surface area (Å²) in [7, 11) is 0. The van der Waals surface area contributed by atoms with Crippen LogP contribution in [0.25, 0.3) is 22.2 Å². The SMILES string of the molecule is Cc1noc(C)c1-c1ccc2c(c1)nc([C@@H]1CCCC(=O)N1c1ccc(F)c(F)c1)n2C1CCC(O)CC1. The van der Waals surface area contributed by atoms with Crippen molar-refractivity contribution in [1.29, 1.82) is 0 Å². The Morgan fingerprint density at radius 1 is 1.00 bits per heavy atom. The number of nitrogens with zero attached hydrogens (tertiary/aromatic N) is 4. The lowest BCUT2D eigenvalue weighted by Crippen LogP contribution is -2.40. The van der Waals surface area contributed by atoms with Crippen molar-refractivity contribution >= 4 is 22.6 Å². The number of piperidine rings is 1. The van der Waals surface area contributed by atoms with E-state index in [0.29, 0.717) is 37.8 Å². The van der Waals surface area contributed by atoms with Crippen LogP contribution in [0.3, 0.4) is 0 Å². The molecule has 1 aliphatic heterocycles. The molecule has 7 nitrogen and oxygen atoms in total. The molecule has 2 aliphatic rings. The summed E-state index contributed by atoms with van der Waals surface area (Å²) in [5.74, 6) is -0.616. The Morgan fingerprint density at radius 3 is 2.50 bits per heavy atom. The minimum Gasteiger partial charge on any atom is -0.393 e. The Hall–Kier alpha value is -3.59. The fourth-order valence-corrected chi connectivity index (χ4v) is 6.18. The lowest BCUT2D eigenvalue weighted by atomic mass is 9.92. The van der Waals surface area contributed by atoms with E-state index in [0.717, 1.165) is 64.4 Å². The van der Waals surface area contributed by atoms with Gasteiger partial charge in [0.25, 0.3) is 0 Å². The highest BCUT2D eigenvalue weighted by atomic mass is 19.2. The summed E-state index contributed by atoms with van der Waals surface area (Å²) in [6.07, 6.45) is 4.32. The second-order valence-electron chi connectivity index (χ2n) is 10.5. The van der Waals surface area contributed by atoms with E-state index in [4.69, 9.17) is 9.51 Å². The molecule has 0 unspecified atom stereocenters. The van der Waals surface area contributed by atoms with Crippen molar-refractivity contribution in [3.63, 3.8) is 0 Å². The standard InChI is InChI=1S/C29H30F2N4O3/c1-16-28(17(2)38-33-16)18-6-13-25-24(14-18)32-29(35(25)19-7-10-21(36)11-8-19)26-4-3-5-27(37)34(26)20-9-12-22(30)23(31)15-20/h6,9,12-15,19,21,26,36H,3-5,7-8,10-11H2,1-2H3/t19?,21?,26-/m0/s1. The minimum atomic E-state index is -0.988. The Morgan fingerprint density at radius 2 is 1.79 bits per heavy atom. The van der Waals surface area contributed by atoms with Gasteiger partial charge >= 0.3 is 0 Å². The first-order valence-electron chi connectivity index (χ1n) is 13.2. The minimum absolute atomic E-state index is 0.104. The average molecular weight is 521 g/mol. The maximum atomic E-state index is 14.2. The molecule has 4 aromatic rings. The topological polar surface area (TPSA) is 84.4 Å². The number of fused-ring (bicyclic) bond motifs is 1.